The Balaban J connectivity index is 0.000000545. The van der Waals surface area contributed by atoms with Crippen LogP contribution in [0.5, 0.6) is 0 Å². The number of benzene rings is 3. The van der Waals surface area contributed by atoms with Gasteiger partial charge in [-0.05, 0) is 69.5 Å². The molecule has 0 aromatic heterocycles. The van der Waals surface area contributed by atoms with E-state index in [2.05, 4.69) is 137 Å². The first kappa shape index (κ1) is 41.2. The van der Waals surface area contributed by atoms with Gasteiger partial charge in [0.25, 0.3) is 5.96 Å². The predicted molar refractivity (Wildman–Crippen MR) is 167 cm³/mol. The van der Waals surface area contributed by atoms with Crippen LogP contribution in [-0.2, 0) is 20.2 Å². The Kier molecular flexibility index (Phi) is 14.6. The standard InChI is InChI=1S/C28H36NP.2CHF3O3S/c1-22(2)27-19-13-14-20-28(27)30(25-15-9-7-10-16-25,26-17-11-8-12-18-26)21-29(23(3)4)24(5)6;2*2-1(3,4)8(5,6)7/h7-24H,1-6H3;2*(H,5,6,7)/q+2;;/p-2. The van der Waals surface area contributed by atoms with Crippen LogP contribution in [0, 0.1) is 0 Å². The molecule has 0 heterocycles. The average Bonchev–Trinajstić information content (AvgIpc) is 2.93. The number of rotatable bonds is 7. The van der Waals surface area contributed by atoms with E-state index in [4.69, 9.17) is 25.9 Å². The van der Waals surface area contributed by atoms with Crippen LogP contribution in [0.3, 0.4) is 0 Å². The lowest BCUT2D eigenvalue weighted by molar-refractivity contribution is -0.581. The van der Waals surface area contributed by atoms with Gasteiger partial charge in [-0.15, -0.1) is 0 Å². The van der Waals surface area contributed by atoms with Gasteiger partial charge in [-0.1, -0.05) is 68.4 Å². The van der Waals surface area contributed by atoms with Crippen LogP contribution in [0.4, 0.5) is 26.3 Å². The first-order valence-electron chi connectivity index (χ1n) is 13.6. The second kappa shape index (κ2) is 16.3. The maximum absolute atomic E-state index is 10.7. The average molecular weight is 716 g/mol. The van der Waals surface area contributed by atoms with E-state index in [9.17, 15) is 26.3 Å². The summed E-state index contributed by atoms with van der Waals surface area (Å²) in [6, 6.07) is 32.3. The zero-order valence-corrected chi connectivity index (χ0v) is 28.3. The van der Waals surface area contributed by atoms with Crippen molar-refractivity contribution in [3.63, 3.8) is 0 Å². The van der Waals surface area contributed by atoms with Crippen LogP contribution in [0.15, 0.2) is 84.9 Å². The molecule has 46 heavy (non-hydrogen) atoms. The molecule has 0 atom stereocenters. The maximum Gasteiger partial charge on any atom is 0.485 e. The largest absolute Gasteiger partial charge is 0.741 e. The summed E-state index contributed by atoms with van der Waals surface area (Å²) < 4.78 is 120. The van der Waals surface area contributed by atoms with Crippen molar-refractivity contribution in [2.45, 2.75) is 70.6 Å². The molecule has 0 aliphatic heterocycles. The van der Waals surface area contributed by atoms with Gasteiger partial charge in [-0.25, -0.2) is 21.4 Å². The molecule has 0 bridgehead atoms. The lowest BCUT2D eigenvalue weighted by atomic mass is 10.0. The molecular weight excluding hydrogens is 679 g/mol. The topological polar surface area (TPSA) is 117 Å². The monoisotopic (exact) mass is 715 g/mol. The Hall–Kier alpha value is -2.84. The number of nitrogens with zero attached hydrogens (tertiary/aromatic N) is 1. The number of halogens is 6. The van der Waals surface area contributed by atoms with Crippen LogP contribution < -0.4 is 15.9 Å². The van der Waals surface area contributed by atoms with E-state index in [1.54, 1.807) is 0 Å². The molecule has 7 nitrogen and oxygen atoms in total. The van der Waals surface area contributed by atoms with Gasteiger partial charge in [0, 0.05) is 0 Å². The van der Waals surface area contributed by atoms with Crippen LogP contribution in [-0.4, -0.2) is 59.6 Å². The van der Waals surface area contributed by atoms with Crippen LogP contribution in [0.1, 0.15) is 53.0 Å². The van der Waals surface area contributed by atoms with Crippen molar-refractivity contribution in [1.82, 2.24) is 0 Å². The summed E-state index contributed by atoms with van der Waals surface area (Å²) in [4.78, 5) is 0. The first-order chi connectivity index (χ1) is 20.9. The highest BCUT2D eigenvalue weighted by molar-refractivity contribution is 8.06. The smallest absolute Gasteiger partial charge is 0.485 e. The van der Waals surface area contributed by atoms with Gasteiger partial charge in [0.1, 0.15) is 15.9 Å². The van der Waals surface area contributed by atoms with Gasteiger partial charge in [-0.3, -0.25) is 0 Å². The molecule has 0 saturated heterocycles. The summed E-state index contributed by atoms with van der Waals surface area (Å²) in [5.41, 5.74) is -9.85. The molecule has 16 heteroatoms. The predicted octanol–water partition coefficient (Wildman–Crippen LogP) is 6.06. The van der Waals surface area contributed by atoms with Crippen molar-refractivity contribution in [2.75, 3.05) is 0 Å². The Morgan fingerprint density at radius 1 is 0.609 bits per heavy atom. The fraction of sp³-hybridized carbons (Fsp3) is 0.367. The van der Waals surface area contributed by atoms with Gasteiger partial charge in [-0.2, -0.15) is 26.3 Å². The van der Waals surface area contributed by atoms with Crippen molar-refractivity contribution in [3.05, 3.63) is 90.5 Å². The molecule has 0 N–H and O–H groups in total. The highest BCUT2D eigenvalue weighted by Gasteiger charge is 2.50. The summed E-state index contributed by atoms with van der Waals surface area (Å²) >= 11 is 0. The summed E-state index contributed by atoms with van der Waals surface area (Å²) in [5, 5.41) is 4.30. The van der Waals surface area contributed by atoms with E-state index in [1.165, 1.54) is 21.5 Å². The second-order valence-corrected chi connectivity index (χ2v) is 16.6. The van der Waals surface area contributed by atoms with E-state index in [1.807, 2.05) is 0 Å². The number of alkyl halides is 6. The Morgan fingerprint density at radius 2 is 0.913 bits per heavy atom. The second-order valence-electron chi connectivity index (χ2n) is 10.7. The van der Waals surface area contributed by atoms with E-state index >= 15 is 0 Å². The molecule has 0 aliphatic rings. The summed E-state index contributed by atoms with van der Waals surface area (Å²) in [5.74, 6) is 3.07. The molecule has 0 spiro atoms. The molecule has 3 aromatic rings. The molecule has 3 aromatic carbocycles. The molecule has 0 radical (unpaired) electrons. The van der Waals surface area contributed by atoms with Crippen LogP contribution in [0.25, 0.3) is 0 Å². The summed E-state index contributed by atoms with van der Waals surface area (Å²) in [6.45, 7) is 13.8. The molecule has 0 amide bonds. The zero-order valence-electron chi connectivity index (χ0n) is 25.8. The minimum atomic E-state index is -6.09. The van der Waals surface area contributed by atoms with Crippen molar-refractivity contribution < 1.29 is 56.9 Å². The minimum absolute atomic E-state index is 0.433. The van der Waals surface area contributed by atoms with Crippen LogP contribution >= 0.6 is 7.26 Å². The van der Waals surface area contributed by atoms with Crippen molar-refractivity contribution in [3.8, 4) is 0 Å². The van der Waals surface area contributed by atoms with E-state index in [0.29, 0.717) is 18.0 Å². The summed E-state index contributed by atoms with van der Waals surface area (Å²) in [7, 11) is -14.2. The summed E-state index contributed by atoms with van der Waals surface area (Å²) in [6.07, 6.45) is 0. The van der Waals surface area contributed by atoms with Crippen molar-refractivity contribution >= 4 is 49.4 Å². The molecule has 0 unspecified atom stereocenters. The quantitative estimate of drug-likeness (QED) is 0.0733. The number of hydrogen-bond acceptors (Lipinski definition) is 6. The lowest BCUT2D eigenvalue weighted by Crippen LogP contribution is -2.39. The molecule has 0 aliphatic carbocycles. The molecule has 3 rings (SSSR count). The van der Waals surface area contributed by atoms with Gasteiger partial charge in [0.2, 0.25) is 7.26 Å². The molecule has 0 saturated carbocycles. The number of hydrogen-bond donors (Lipinski definition) is 0. The Bertz CT molecular complexity index is 1550. The SMILES string of the molecule is CC(C)c1ccccc1[P+](C=[N+](C(C)C)C(C)C)(c1ccccc1)c1ccccc1.O=S(=O)([O-])C(F)(F)F.O=S(=O)([O-])C(F)(F)F. The first-order valence-corrected chi connectivity index (χ1v) is 18.3. The normalized spacial score (nSPS) is 12.6. The van der Waals surface area contributed by atoms with Gasteiger partial charge in [0.15, 0.2) is 32.3 Å². The minimum Gasteiger partial charge on any atom is -0.741 e. The fourth-order valence-corrected chi connectivity index (χ4v) is 8.83. The molecular formula is C30H36F6NO6PS2. The highest BCUT2D eigenvalue weighted by atomic mass is 32.2. The third-order valence-corrected chi connectivity index (χ3v) is 11.5. The van der Waals surface area contributed by atoms with Gasteiger partial charge in [0.05, 0.1) is 0 Å². The van der Waals surface area contributed by atoms with Crippen molar-refractivity contribution in [2.24, 2.45) is 0 Å². The van der Waals surface area contributed by atoms with E-state index in [-0.39, 0.29) is 0 Å². The fourth-order valence-electron chi connectivity index (χ4n) is 4.31. The van der Waals surface area contributed by atoms with E-state index in [0.717, 1.165) is 0 Å². The maximum atomic E-state index is 10.7. The third-order valence-electron chi connectivity index (χ3n) is 6.33. The molecule has 256 valence electrons. The van der Waals surface area contributed by atoms with Crippen LogP contribution in [0.2, 0.25) is 0 Å². The van der Waals surface area contributed by atoms with Gasteiger partial charge >= 0.3 is 11.0 Å². The van der Waals surface area contributed by atoms with E-state index < -0.39 is 38.5 Å². The third kappa shape index (κ3) is 11.2. The zero-order chi connectivity index (χ0) is 35.7. The highest BCUT2D eigenvalue weighted by Crippen LogP contribution is 2.54. The molecule has 0 fully saturated rings. The Labute approximate surface area is 266 Å². The van der Waals surface area contributed by atoms with Crippen molar-refractivity contribution in [1.29, 1.82) is 0 Å². The lowest BCUT2D eigenvalue weighted by Gasteiger charge is -2.26. The van der Waals surface area contributed by atoms with Gasteiger partial charge < -0.3 is 9.11 Å². The Morgan fingerprint density at radius 3 is 1.20 bits per heavy atom.